The first-order valence-corrected chi connectivity index (χ1v) is 6.99. The molecule has 0 saturated heterocycles. The Morgan fingerprint density at radius 1 is 1.25 bits per heavy atom. The molecule has 3 heteroatoms. The van der Waals surface area contributed by atoms with Crippen molar-refractivity contribution in [3.63, 3.8) is 0 Å². The number of nitrogens with two attached hydrogens (primary N) is 1. The van der Waals surface area contributed by atoms with Crippen molar-refractivity contribution in [2.24, 2.45) is 5.73 Å². The smallest absolute Gasteiger partial charge is 0.137 e. The summed E-state index contributed by atoms with van der Waals surface area (Å²) in [4.78, 5) is 4.13. The summed E-state index contributed by atoms with van der Waals surface area (Å²) in [5, 5.41) is 0. The molecule has 1 heterocycles. The Labute approximate surface area is 120 Å². The molecule has 1 atom stereocenters. The molecule has 0 bridgehead atoms. The zero-order valence-electron chi connectivity index (χ0n) is 12.3. The molecule has 1 unspecified atom stereocenters. The second kappa shape index (κ2) is 6.53. The summed E-state index contributed by atoms with van der Waals surface area (Å²) in [6.07, 6.45) is 3.40. The summed E-state index contributed by atoms with van der Waals surface area (Å²) in [6, 6.07) is 10.2. The van der Waals surface area contributed by atoms with Crippen LogP contribution in [-0.2, 0) is 0 Å². The van der Waals surface area contributed by atoms with E-state index >= 15 is 0 Å². The quantitative estimate of drug-likeness (QED) is 0.903. The molecule has 2 aromatic rings. The SMILES string of the molecule is Cc1ccc(C(C)C)c(OC(CN)c2cccnc2)c1. The van der Waals surface area contributed by atoms with Gasteiger partial charge in [-0.25, -0.2) is 0 Å². The van der Waals surface area contributed by atoms with Crippen molar-refractivity contribution < 1.29 is 4.74 Å². The molecule has 0 aliphatic carbocycles. The van der Waals surface area contributed by atoms with Crippen molar-refractivity contribution in [1.82, 2.24) is 4.98 Å². The Kier molecular flexibility index (Phi) is 4.74. The van der Waals surface area contributed by atoms with Gasteiger partial charge in [-0.05, 0) is 36.1 Å². The van der Waals surface area contributed by atoms with E-state index in [0.29, 0.717) is 12.5 Å². The van der Waals surface area contributed by atoms with Gasteiger partial charge in [0.25, 0.3) is 0 Å². The predicted molar refractivity (Wildman–Crippen MR) is 81.9 cm³/mol. The minimum absolute atomic E-state index is 0.164. The molecule has 1 aromatic carbocycles. The van der Waals surface area contributed by atoms with E-state index < -0.39 is 0 Å². The van der Waals surface area contributed by atoms with E-state index in [0.717, 1.165) is 11.3 Å². The number of aromatic nitrogens is 1. The zero-order chi connectivity index (χ0) is 14.5. The fourth-order valence-electron chi connectivity index (χ4n) is 2.19. The molecule has 0 fully saturated rings. The molecule has 3 nitrogen and oxygen atoms in total. The lowest BCUT2D eigenvalue weighted by Gasteiger charge is -2.21. The molecule has 0 spiro atoms. The molecule has 106 valence electrons. The van der Waals surface area contributed by atoms with Crippen molar-refractivity contribution in [3.05, 3.63) is 59.4 Å². The largest absolute Gasteiger partial charge is 0.484 e. The number of aryl methyl sites for hydroxylation is 1. The van der Waals surface area contributed by atoms with Gasteiger partial charge in [0.05, 0.1) is 0 Å². The summed E-state index contributed by atoms with van der Waals surface area (Å²) in [6.45, 7) is 6.83. The number of pyridine rings is 1. The Morgan fingerprint density at radius 3 is 2.65 bits per heavy atom. The predicted octanol–water partition coefficient (Wildman–Crippen LogP) is 3.59. The number of ether oxygens (including phenoxy) is 1. The lowest BCUT2D eigenvalue weighted by atomic mass is 10.0. The lowest BCUT2D eigenvalue weighted by molar-refractivity contribution is 0.211. The molecule has 1 aromatic heterocycles. The molecule has 0 radical (unpaired) electrons. The third-order valence-electron chi connectivity index (χ3n) is 3.33. The van der Waals surface area contributed by atoms with Crippen LogP contribution in [0.2, 0.25) is 0 Å². The van der Waals surface area contributed by atoms with Crippen LogP contribution in [0, 0.1) is 6.92 Å². The van der Waals surface area contributed by atoms with Crippen LogP contribution < -0.4 is 10.5 Å². The van der Waals surface area contributed by atoms with Crippen LogP contribution in [0.5, 0.6) is 5.75 Å². The van der Waals surface area contributed by atoms with E-state index in [1.54, 1.807) is 6.20 Å². The van der Waals surface area contributed by atoms with Gasteiger partial charge in [0.15, 0.2) is 0 Å². The van der Waals surface area contributed by atoms with Crippen molar-refractivity contribution >= 4 is 0 Å². The van der Waals surface area contributed by atoms with Gasteiger partial charge < -0.3 is 10.5 Å². The highest BCUT2D eigenvalue weighted by Crippen LogP contribution is 2.30. The van der Waals surface area contributed by atoms with E-state index in [2.05, 4.69) is 44.0 Å². The molecule has 20 heavy (non-hydrogen) atoms. The standard InChI is InChI=1S/C17H22N2O/c1-12(2)15-7-6-13(3)9-16(15)20-17(10-18)14-5-4-8-19-11-14/h4-9,11-12,17H,10,18H2,1-3H3. The van der Waals surface area contributed by atoms with Crippen molar-refractivity contribution in [2.75, 3.05) is 6.54 Å². The topological polar surface area (TPSA) is 48.1 Å². The zero-order valence-corrected chi connectivity index (χ0v) is 12.3. The third kappa shape index (κ3) is 3.36. The van der Waals surface area contributed by atoms with E-state index in [4.69, 9.17) is 10.5 Å². The minimum atomic E-state index is -0.164. The third-order valence-corrected chi connectivity index (χ3v) is 3.33. The molecule has 0 saturated carbocycles. The molecule has 0 aliphatic heterocycles. The summed E-state index contributed by atoms with van der Waals surface area (Å²) in [5.74, 6) is 1.33. The minimum Gasteiger partial charge on any atom is -0.484 e. The highest BCUT2D eigenvalue weighted by molar-refractivity contribution is 5.39. The Hall–Kier alpha value is -1.87. The number of nitrogens with zero attached hydrogens (tertiary/aromatic N) is 1. The molecule has 2 rings (SSSR count). The Balaban J connectivity index is 2.30. The highest BCUT2D eigenvalue weighted by atomic mass is 16.5. The maximum atomic E-state index is 6.16. The van der Waals surface area contributed by atoms with Crippen molar-refractivity contribution in [1.29, 1.82) is 0 Å². The summed E-state index contributed by atoms with van der Waals surface area (Å²) < 4.78 is 6.16. The van der Waals surface area contributed by atoms with Crippen molar-refractivity contribution in [2.45, 2.75) is 32.8 Å². The van der Waals surface area contributed by atoms with Crippen LogP contribution in [0.15, 0.2) is 42.7 Å². The maximum absolute atomic E-state index is 6.16. The van der Waals surface area contributed by atoms with Gasteiger partial charge in [0.2, 0.25) is 0 Å². The van der Waals surface area contributed by atoms with Crippen LogP contribution in [-0.4, -0.2) is 11.5 Å². The summed E-state index contributed by atoms with van der Waals surface area (Å²) in [7, 11) is 0. The number of benzene rings is 1. The van der Waals surface area contributed by atoms with Gasteiger partial charge in [-0.1, -0.05) is 32.0 Å². The lowest BCUT2D eigenvalue weighted by Crippen LogP contribution is -2.19. The summed E-state index contributed by atoms with van der Waals surface area (Å²) >= 11 is 0. The molecule has 2 N–H and O–H groups in total. The van der Waals surface area contributed by atoms with Gasteiger partial charge in [-0.2, -0.15) is 0 Å². The van der Waals surface area contributed by atoms with Gasteiger partial charge in [-0.3, -0.25) is 4.98 Å². The van der Waals surface area contributed by atoms with E-state index in [9.17, 15) is 0 Å². The number of hydrogen-bond acceptors (Lipinski definition) is 3. The van der Waals surface area contributed by atoms with Crippen LogP contribution in [0.1, 0.15) is 42.6 Å². The van der Waals surface area contributed by atoms with Gasteiger partial charge in [-0.15, -0.1) is 0 Å². The average Bonchev–Trinajstić information content (AvgIpc) is 2.45. The fraction of sp³-hybridized carbons (Fsp3) is 0.353. The second-order valence-corrected chi connectivity index (χ2v) is 5.32. The van der Waals surface area contributed by atoms with E-state index in [-0.39, 0.29) is 6.10 Å². The first-order chi connectivity index (χ1) is 9.61. The molecule has 0 aliphatic rings. The Bertz CT molecular complexity index is 552. The summed E-state index contributed by atoms with van der Waals surface area (Å²) in [5.41, 5.74) is 9.26. The molecule has 0 amide bonds. The molecular formula is C17H22N2O. The fourth-order valence-corrected chi connectivity index (χ4v) is 2.19. The van der Waals surface area contributed by atoms with Crippen LogP contribution in [0.4, 0.5) is 0 Å². The highest BCUT2D eigenvalue weighted by Gasteiger charge is 2.15. The van der Waals surface area contributed by atoms with Crippen molar-refractivity contribution in [3.8, 4) is 5.75 Å². The maximum Gasteiger partial charge on any atom is 0.137 e. The Morgan fingerprint density at radius 2 is 2.05 bits per heavy atom. The van der Waals surface area contributed by atoms with Gasteiger partial charge >= 0.3 is 0 Å². The average molecular weight is 270 g/mol. The van der Waals surface area contributed by atoms with Crippen LogP contribution in [0.25, 0.3) is 0 Å². The van der Waals surface area contributed by atoms with Crippen LogP contribution in [0.3, 0.4) is 0 Å². The first-order valence-electron chi connectivity index (χ1n) is 6.99. The van der Waals surface area contributed by atoms with Crippen LogP contribution >= 0.6 is 0 Å². The number of rotatable bonds is 5. The van der Waals surface area contributed by atoms with E-state index in [1.807, 2.05) is 18.3 Å². The molecular weight excluding hydrogens is 248 g/mol. The van der Waals surface area contributed by atoms with Gasteiger partial charge in [0.1, 0.15) is 11.9 Å². The van der Waals surface area contributed by atoms with Gasteiger partial charge in [0, 0.05) is 24.5 Å². The second-order valence-electron chi connectivity index (χ2n) is 5.32. The van der Waals surface area contributed by atoms with E-state index in [1.165, 1.54) is 11.1 Å². The monoisotopic (exact) mass is 270 g/mol. The first kappa shape index (κ1) is 14.5. The number of hydrogen-bond donors (Lipinski definition) is 1. The normalized spacial score (nSPS) is 12.4.